The molecular weight excluding hydrogens is 673 g/mol. The van der Waals surface area contributed by atoms with E-state index in [1.807, 2.05) is 66.7 Å². The van der Waals surface area contributed by atoms with E-state index in [9.17, 15) is 0 Å². The predicted octanol–water partition coefficient (Wildman–Crippen LogP) is 13.0. The molecule has 0 bridgehead atoms. The summed E-state index contributed by atoms with van der Waals surface area (Å²) in [5, 5.41) is 7.78. The van der Waals surface area contributed by atoms with Crippen LogP contribution in [-0.2, 0) is 0 Å². The zero-order valence-corrected chi connectivity index (χ0v) is 29.5. The van der Waals surface area contributed by atoms with E-state index in [0.717, 1.165) is 82.7 Å². The quantitative estimate of drug-likeness (QED) is 0.167. The van der Waals surface area contributed by atoms with Crippen LogP contribution in [0.3, 0.4) is 0 Å². The first-order valence-electron chi connectivity index (χ1n) is 18.4. The van der Waals surface area contributed by atoms with Crippen LogP contribution >= 0.6 is 0 Å². The van der Waals surface area contributed by atoms with Crippen LogP contribution in [0, 0.1) is 0 Å². The summed E-state index contributed by atoms with van der Waals surface area (Å²) in [6.07, 6.45) is 0. The van der Waals surface area contributed by atoms with Gasteiger partial charge in [-0.1, -0.05) is 152 Å². The summed E-state index contributed by atoms with van der Waals surface area (Å²) >= 11 is 0. The number of furan rings is 1. The lowest BCUT2D eigenvalue weighted by Crippen LogP contribution is -2.00. The van der Waals surface area contributed by atoms with Gasteiger partial charge in [-0.05, 0) is 52.2 Å². The maximum Gasteiger partial charge on any atom is 0.164 e. The Morgan fingerprint density at radius 3 is 1.62 bits per heavy atom. The van der Waals surface area contributed by atoms with E-state index in [-0.39, 0.29) is 0 Å². The Labute approximate surface area is 316 Å². The van der Waals surface area contributed by atoms with Crippen LogP contribution < -0.4 is 0 Å². The van der Waals surface area contributed by atoms with Gasteiger partial charge in [0.1, 0.15) is 11.2 Å². The third-order valence-electron chi connectivity index (χ3n) is 10.5. The van der Waals surface area contributed by atoms with Crippen LogP contribution in [0.15, 0.2) is 186 Å². The number of hydrogen-bond acceptors (Lipinski definition) is 5. The van der Waals surface area contributed by atoms with E-state index in [2.05, 4.69) is 115 Å². The van der Waals surface area contributed by atoms with Crippen molar-refractivity contribution in [1.29, 1.82) is 0 Å². The molecule has 0 amide bonds. The first-order valence-corrected chi connectivity index (χ1v) is 18.4. The Hall–Kier alpha value is -7.50. The van der Waals surface area contributed by atoms with E-state index in [0.29, 0.717) is 17.5 Å². The Morgan fingerprint density at radius 1 is 0.327 bits per heavy atom. The SMILES string of the molecule is c1ccc(-c2nc(-c3ccccc3)nc(-c3ccc(-c4ccc5oc6c(ccc7c(-c8ccc9ccccc9c8)nc8ccccc8c76)c5c4)cc3)n2)cc1. The Morgan fingerprint density at radius 2 is 0.891 bits per heavy atom. The van der Waals surface area contributed by atoms with Crippen LogP contribution in [0.1, 0.15) is 0 Å². The molecule has 0 unspecified atom stereocenters. The lowest BCUT2D eigenvalue weighted by Gasteiger charge is -2.11. The van der Waals surface area contributed by atoms with Crippen LogP contribution in [0.25, 0.3) is 111 Å². The molecule has 5 nitrogen and oxygen atoms in total. The van der Waals surface area contributed by atoms with Gasteiger partial charge >= 0.3 is 0 Å². The molecule has 3 aromatic heterocycles. The molecule has 11 rings (SSSR count). The molecule has 0 aliphatic heterocycles. The van der Waals surface area contributed by atoms with Crippen molar-refractivity contribution in [2.75, 3.05) is 0 Å². The molecule has 3 heterocycles. The fourth-order valence-electron chi connectivity index (χ4n) is 7.75. The molecule has 0 atom stereocenters. The van der Waals surface area contributed by atoms with Crippen molar-refractivity contribution in [1.82, 2.24) is 19.9 Å². The van der Waals surface area contributed by atoms with Crippen LogP contribution in [0.4, 0.5) is 0 Å². The van der Waals surface area contributed by atoms with Gasteiger partial charge in [0.05, 0.1) is 11.2 Å². The number of benzene rings is 8. The van der Waals surface area contributed by atoms with E-state index in [1.54, 1.807) is 0 Å². The molecule has 0 N–H and O–H groups in total. The number of fused-ring (bicyclic) bond motifs is 8. The third kappa shape index (κ3) is 5.33. The highest BCUT2D eigenvalue weighted by Gasteiger charge is 2.18. The van der Waals surface area contributed by atoms with Gasteiger partial charge in [0.2, 0.25) is 0 Å². The summed E-state index contributed by atoms with van der Waals surface area (Å²) in [6.45, 7) is 0. The molecule has 0 saturated carbocycles. The van der Waals surface area contributed by atoms with Crippen LogP contribution in [0.5, 0.6) is 0 Å². The molecule has 0 aliphatic rings. The summed E-state index contributed by atoms with van der Waals surface area (Å²) in [5.74, 6) is 1.92. The molecule has 0 aliphatic carbocycles. The molecule has 55 heavy (non-hydrogen) atoms. The predicted molar refractivity (Wildman–Crippen MR) is 225 cm³/mol. The average molecular weight is 703 g/mol. The normalized spacial score (nSPS) is 11.6. The fraction of sp³-hybridized carbons (Fsp3) is 0. The lowest BCUT2D eigenvalue weighted by molar-refractivity contribution is 0.673. The smallest absolute Gasteiger partial charge is 0.164 e. The molecule has 0 radical (unpaired) electrons. The van der Waals surface area contributed by atoms with Gasteiger partial charge in [-0.25, -0.2) is 19.9 Å². The summed E-state index contributed by atoms with van der Waals surface area (Å²) < 4.78 is 6.75. The number of hydrogen-bond donors (Lipinski definition) is 0. The van der Waals surface area contributed by atoms with Crippen molar-refractivity contribution in [3.63, 3.8) is 0 Å². The first-order chi connectivity index (χ1) is 27.2. The second-order valence-electron chi connectivity index (χ2n) is 13.8. The minimum absolute atomic E-state index is 0.632. The van der Waals surface area contributed by atoms with Gasteiger partial charge in [-0.2, -0.15) is 0 Å². The molecule has 8 aromatic carbocycles. The van der Waals surface area contributed by atoms with Gasteiger partial charge in [-0.15, -0.1) is 0 Å². The van der Waals surface area contributed by atoms with E-state index < -0.39 is 0 Å². The summed E-state index contributed by atoms with van der Waals surface area (Å²) in [4.78, 5) is 19.9. The highest BCUT2D eigenvalue weighted by atomic mass is 16.3. The van der Waals surface area contributed by atoms with Crippen LogP contribution in [-0.4, -0.2) is 19.9 Å². The van der Waals surface area contributed by atoms with E-state index in [1.165, 1.54) is 10.8 Å². The average Bonchev–Trinajstić information content (AvgIpc) is 3.64. The zero-order chi connectivity index (χ0) is 36.3. The molecule has 0 saturated heterocycles. The first kappa shape index (κ1) is 31.1. The second-order valence-corrected chi connectivity index (χ2v) is 13.8. The lowest BCUT2D eigenvalue weighted by atomic mass is 9.96. The zero-order valence-electron chi connectivity index (χ0n) is 29.5. The van der Waals surface area contributed by atoms with E-state index in [4.69, 9.17) is 24.4 Å². The summed E-state index contributed by atoms with van der Waals surface area (Å²) in [5.41, 5.74) is 9.71. The Kier molecular flexibility index (Phi) is 7.10. The highest BCUT2D eigenvalue weighted by Crippen LogP contribution is 2.42. The third-order valence-corrected chi connectivity index (χ3v) is 10.5. The number of para-hydroxylation sites is 1. The highest BCUT2D eigenvalue weighted by molar-refractivity contribution is 6.25. The number of aromatic nitrogens is 4. The molecule has 0 spiro atoms. The monoisotopic (exact) mass is 702 g/mol. The molecule has 0 fully saturated rings. The second kappa shape index (κ2) is 12.6. The van der Waals surface area contributed by atoms with E-state index >= 15 is 0 Å². The standard InChI is InChI=1S/C50H30N4O/c1-3-12-33(13-4-1)48-52-49(34-14-5-2-6-15-34)54-50(53-48)35-22-19-32(20-23-35)37-25-28-44-42(30-37)39-26-27-41-45(47(39)55-44)40-17-9-10-18-43(40)51-46(41)38-24-21-31-11-7-8-16-36(31)29-38/h1-30H. The van der Waals surface area contributed by atoms with Crippen molar-refractivity contribution in [3.8, 4) is 56.5 Å². The topological polar surface area (TPSA) is 64.7 Å². The molecule has 11 aromatic rings. The minimum atomic E-state index is 0.632. The molecule has 5 heteroatoms. The van der Waals surface area contributed by atoms with Gasteiger partial charge in [-0.3, -0.25) is 0 Å². The van der Waals surface area contributed by atoms with Crippen LogP contribution in [0.2, 0.25) is 0 Å². The molecule has 256 valence electrons. The number of pyridine rings is 1. The van der Waals surface area contributed by atoms with Crippen molar-refractivity contribution >= 4 is 54.4 Å². The Balaban J connectivity index is 1.02. The van der Waals surface area contributed by atoms with Gasteiger partial charge < -0.3 is 4.42 Å². The van der Waals surface area contributed by atoms with Crippen molar-refractivity contribution in [2.45, 2.75) is 0 Å². The summed E-state index contributed by atoms with van der Waals surface area (Å²) in [6, 6.07) is 62.8. The van der Waals surface area contributed by atoms with Crippen molar-refractivity contribution in [3.05, 3.63) is 182 Å². The maximum atomic E-state index is 6.75. The number of rotatable bonds is 5. The maximum absolute atomic E-state index is 6.75. The van der Waals surface area contributed by atoms with Crippen molar-refractivity contribution < 1.29 is 4.42 Å². The molecular formula is C50H30N4O. The van der Waals surface area contributed by atoms with Gasteiger partial charge in [0, 0.05) is 49.2 Å². The minimum Gasteiger partial charge on any atom is -0.455 e. The van der Waals surface area contributed by atoms with Crippen molar-refractivity contribution in [2.24, 2.45) is 0 Å². The Bertz CT molecular complexity index is 3190. The summed E-state index contributed by atoms with van der Waals surface area (Å²) in [7, 11) is 0. The fourth-order valence-corrected chi connectivity index (χ4v) is 7.75. The van der Waals surface area contributed by atoms with Gasteiger partial charge in [0.15, 0.2) is 17.5 Å². The largest absolute Gasteiger partial charge is 0.455 e. The number of nitrogens with zero attached hydrogens (tertiary/aromatic N) is 4. The van der Waals surface area contributed by atoms with Gasteiger partial charge in [0.25, 0.3) is 0 Å².